The summed E-state index contributed by atoms with van der Waals surface area (Å²) in [6, 6.07) is 0. The first kappa shape index (κ1) is 17.4. The van der Waals surface area contributed by atoms with Crippen LogP contribution in [0.1, 0.15) is 54.4 Å². The largest absolute Gasteiger partial charge is 0.464 e. The number of rotatable bonds is 5. The number of likely N-dealkylation sites (tertiary alicyclic amines) is 1. The minimum absolute atomic E-state index is 0.369. The number of piperidine rings is 1. The summed E-state index contributed by atoms with van der Waals surface area (Å²) in [4.78, 5) is 14.3. The van der Waals surface area contributed by atoms with Crippen LogP contribution in [0.4, 0.5) is 0 Å². The number of esters is 1. The maximum Gasteiger partial charge on any atom is 0.358 e. The molecule has 1 N–H and O–H groups in total. The van der Waals surface area contributed by atoms with Gasteiger partial charge in [-0.15, -0.1) is 0 Å². The van der Waals surface area contributed by atoms with Gasteiger partial charge in [-0.2, -0.15) is 5.10 Å². The molecule has 134 valence electrons. The van der Waals surface area contributed by atoms with E-state index in [1.54, 1.807) is 0 Å². The molecule has 1 aromatic rings. The number of hydrogen-bond acceptors (Lipinski definition) is 5. The van der Waals surface area contributed by atoms with Crippen molar-refractivity contribution in [1.29, 1.82) is 0 Å². The van der Waals surface area contributed by atoms with E-state index in [4.69, 9.17) is 4.74 Å². The molecule has 1 aliphatic heterocycles. The van der Waals surface area contributed by atoms with Gasteiger partial charge in [-0.1, -0.05) is 6.92 Å². The van der Waals surface area contributed by atoms with Gasteiger partial charge in [-0.25, -0.2) is 4.79 Å². The Morgan fingerprint density at radius 1 is 1.29 bits per heavy atom. The molecule has 3 rings (SSSR count). The molecular formula is C18H29N3O3. The molecule has 24 heavy (non-hydrogen) atoms. The number of hydrogen-bond donors (Lipinski definition) is 1. The molecular weight excluding hydrogens is 306 g/mol. The molecule has 1 saturated heterocycles. The summed E-state index contributed by atoms with van der Waals surface area (Å²) in [6.45, 7) is 5.53. The Kier molecular flexibility index (Phi) is 5.56. The lowest BCUT2D eigenvalue weighted by Crippen LogP contribution is -2.40. The SMILES string of the molecule is COC(=O)c1nn(C[C@H](O)CN2CCC(C)CC2)c2c1CCCC2. The lowest BCUT2D eigenvalue weighted by Gasteiger charge is -2.31. The van der Waals surface area contributed by atoms with Crippen molar-refractivity contribution in [2.45, 2.75) is 58.1 Å². The van der Waals surface area contributed by atoms with Crippen LogP contribution in [0.5, 0.6) is 0 Å². The first-order chi connectivity index (χ1) is 11.6. The summed E-state index contributed by atoms with van der Waals surface area (Å²) in [7, 11) is 1.39. The Bertz CT molecular complexity index is 576. The zero-order valence-electron chi connectivity index (χ0n) is 14.8. The fourth-order valence-electron chi connectivity index (χ4n) is 3.88. The van der Waals surface area contributed by atoms with E-state index in [0.29, 0.717) is 18.8 Å². The lowest BCUT2D eigenvalue weighted by molar-refractivity contribution is 0.0587. The van der Waals surface area contributed by atoms with Crippen LogP contribution >= 0.6 is 0 Å². The summed E-state index contributed by atoms with van der Waals surface area (Å²) in [5.41, 5.74) is 2.56. The van der Waals surface area contributed by atoms with Crippen molar-refractivity contribution in [1.82, 2.24) is 14.7 Å². The standard InChI is InChI=1S/C18H29N3O3/c1-13-7-9-20(10-8-13)11-14(22)12-21-16-6-4-3-5-15(16)17(19-21)18(23)24-2/h13-14,22H,3-12H2,1-2H3/t14-/m1/s1. The summed E-state index contributed by atoms with van der Waals surface area (Å²) in [6.07, 6.45) is 5.94. The Morgan fingerprint density at radius 2 is 2.00 bits per heavy atom. The van der Waals surface area contributed by atoms with E-state index in [1.807, 2.05) is 4.68 Å². The van der Waals surface area contributed by atoms with Crippen LogP contribution in [-0.4, -0.2) is 58.6 Å². The quantitative estimate of drug-likeness (QED) is 0.829. The van der Waals surface area contributed by atoms with Crippen molar-refractivity contribution < 1.29 is 14.6 Å². The van der Waals surface area contributed by atoms with Crippen molar-refractivity contribution in [3.05, 3.63) is 17.0 Å². The van der Waals surface area contributed by atoms with Crippen LogP contribution in [0.15, 0.2) is 0 Å². The number of aromatic nitrogens is 2. The fourth-order valence-corrected chi connectivity index (χ4v) is 3.88. The molecule has 2 heterocycles. The number of ether oxygens (including phenoxy) is 1. The molecule has 0 unspecified atom stereocenters. The van der Waals surface area contributed by atoms with Gasteiger partial charge in [0.05, 0.1) is 19.8 Å². The molecule has 1 aliphatic carbocycles. The van der Waals surface area contributed by atoms with Crippen LogP contribution < -0.4 is 0 Å². The molecule has 0 radical (unpaired) electrons. The number of aliphatic hydroxyl groups is 1. The lowest BCUT2D eigenvalue weighted by atomic mass is 9.95. The van der Waals surface area contributed by atoms with Gasteiger partial charge in [0.25, 0.3) is 0 Å². The average molecular weight is 335 g/mol. The summed E-state index contributed by atoms with van der Waals surface area (Å²) in [5.74, 6) is 0.422. The van der Waals surface area contributed by atoms with Gasteiger partial charge >= 0.3 is 5.97 Å². The fraction of sp³-hybridized carbons (Fsp3) is 0.778. The smallest absolute Gasteiger partial charge is 0.358 e. The normalized spacial score (nSPS) is 20.6. The number of carbonyl (C=O) groups is 1. The Balaban J connectivity index is 1.68. The van der Waals surface area contributed by atoms with Gasteiger partial charge in [0.2, 0.25) is 0 Å². The first-order valence-corrected chi connectivity index (χ1v) is 9.15. The molecule has 0 saturated carbocycles. The summed E-state index contributed by atoms with van der Waals surface area (Å²) < 4.78 is 6.71. The number of carbonyl (C=O) groups excluding carboxylic acids is 1. The third-order valence-electron chi connectivity index (χ3n) is 5.36. The van der Waals surface area contributed by atoms with E-state index in [1.165, 1.54) is 20.0 Å². The van der Waals surface area contributed by atoms with Crippen molar-refractivity contribution >= 4 is 5.97 Å². The molecule has 0 spiro atoms. The molecule has 6 heteroatoms. The second-order valence-electron chi connectivity index (χ2n) is 7.29. The number of β-amino-alcohol motifs (C(OH)–C–C–N with tert-alkyl or cyclic N) is 1. The molecule has 2 aliphatic rings. The molecule has 0 aromatic carbocycles. The maximum absolute atomic E-state index is 12.0. The van der Waals surface area contributed by atoms with Crippen LogP contribution in [0.25, 0.3) is 0 Å². The van der Waals surface area contributed by atoms with Gasteiger partial charge < -0.3 is 14.7 Å². The van der Waals surface area contributed by atoms with Gasteiger partial charge in [0.15, 0.2) is 5.69 Å². The van der Waals surface area contributed by atoms with Gasteiger partial charge in [-0.05, 0) is 57.5 Å². The van der Waals surface area contributed by atoms with Crippen LogP contribution in [0.2, 0.25) is 0 Å². The highest BCUT2D eigenvalue weighted by atomic mass is 16.5. The zero-order chi connectivity index (χ0) is 17.1. The van der Waals surface area contributed by atoms with E-state index >= 15 is 0 Å². The van der Waals surface area contributed by atoms with E-state index in [9.17, 15) is 9.90 Å². The molecule has 1 fully saturated rings. The second kappa shape index (κ2) is 7.66. The monoisotopic (exact) mass is 335 g/mol. The van der Waals surface area contributed by atoms with E-state index in [2.05, 4.69) is 16.9 Å². The third-order valence-corrected chi connectivity index (χ3v) is 5.36. The number of nitrogens with zero attached hydrogens (tertiary/aromatic N) is 3. The summed E-state index contributed by atoms with van der Waals surface area (Å²) in [5, 5.41) is 15.0. The minimum atomic E-state index is -0.463. The number of methoxy groups -OCH3 is 1. The Morgan fingerprint density at radius 3 is 2.71 bits per heavy atom. The van der Waals surface area contributed by atoms with Crippen molar-refractivity contribution in [3.63, 3.8) is 0 Å². The Labute approximate surface area is 143 Å². The van der Waals surface area contributed by atoms with Crippen molar-refractivity contribution in [2.75, 3.05) is 26.7 Å². The van der Waals surface area contributed by atoms with E-state index in [-0.39, 0.29) is 5.97 Å². The van der Waals surface area contributed by atoms with Crippen molar-refractivity contribution in [2.24, 2.45) is 5.92 Å². The van der Waals surface area contributed by atoms with Crippen LogP contribution in [-0.2, 0) is 24.1 Å². The molecule has 0 amide bonds. The summed E-state index contributed by atoms with van der Waals surface area (Å²) >= 11 is 0. The molecule has 0 bridgehead atoms. The second-order valence-corrected chi connectivity index (χ2v) is 7.29. The highest BCUT2D eigenvalue weighted by molar-refractivity contribution is 5.89. The zero-order valence-corrected chi connectivity index (χ0v) is 14.8. The van der Waals surface area contributed by atoms with Gasteiger partial charge in [0.1, 0.15) is 0 Å². The topological polar surface area (TPSA) is 67.6 Å². The van der Waals surface area contributed by atoms with Crippen LogP contribution in [0.3, 0.4) is 0 Å². The average Bonchev–Trinajstić information content (AvgIpc) is 2.95. The van der Waals surface area contributed by atoms with Crippen LogP contribution in [0, 0.1) is 5.92 Å². The predicted molar refractivity (Wildman–Crippen MR) is 91.1 cm³/mol. The minimum Gasteiger partial charge on any atom is -0.464 e. The van der Waals surface area contributed by atoms with Gasteiger partial charge in [0, 0.05) is 17.8 Å². The third kappa shape index (κ3) is 3.81. The molecule has 1 atom stereocenters. The highest BCUT2D eigenvalue weighted by Gasteiger charge is 2.27. The highest BCUT2D eigenvalue weighted by Crippen LogP contribution is 2.25. The Hall–Kier alpha value is -1.40. The van der Waals surface area contributed by atoms with E-state index < -0.39 is 6.10 Å². The number of fused-ring (bicyclic) bond motifs is 1. The number of aliphatic hydroxyl groups excluding tert-OH is 1. The first-order valence-electron chi connectivity index (χ1n) is 9.15. The molecule has 1 aromatic heterocycles. The van der Waals surface area contributed by atoms with Gasteiger partial charge in [-0.3, -0.25) is 4.68 Å². The van der Waals surface area contributed by atoms with Crippen molar-refractivity contribution in [3.8, 4) is 0 Å². The predicted octanol–water partition coefficient (Wildman–Crippen LogP) is 1.64. The van der Waals surface area contributed by atoms with E-state index in [0.717, 1.165) is 55.9 Å². The molecule has 6 nitrogen and oxygen atoms in total. The maximum atomic E-state index is 12.0.